The Balaban J connectivity index is 1.98. The van der Waals surface area contributed by atoms with Crippen molar-refractivity contribution in [1.29, 1.82) is 0 Å². The molecule has 0 saturated heterocycles. The Bertz CT molecular complexity index is 475. The fourth-order valence-corrected chi connectivity index (χ4v) is 2.17. The maximum absolute atomic E-state index is 5.52. The van der Waals surface area contributed by atoms with Crippen LogP contribution in [0.1, 0.15) is 25.3 Å². The largest absolute Gasteiger partial charge is 0.493 e. The standard InChI is InChI=1S/C15H22N2O2S/c1-4-19-13-8-5-11(9-14(13)18-3)10-17(2)15(20)16-12-6-7-12/h5,8-9,12H,4,6-7,10H2,1-3H3,(H,16,20). The molecule has 0 aromatic heterocycles. The van der Waals surface area contributed by atoms with Crippen LogP contribution in [-0.2, 0) is 6.54 Å². The first-order valence-electron chi connectivity index (χ1n) is 6.95. The summed E-state index contributed by atoms with van der Waals surface area (Å²) >= 11 is 5.38. The van der Waals surface area contributed by atoms with E-state index in [0.717, 1.165) is 28.7 Å². The molecule has 20 heavy (non-hydrogen) atoms. The molecular formula is C15H22N2O2S. The van der Waals surface area contributed by atoms with Crippen molar-refractivity contribution in [2.45, 2.75) is 32.4 Å². The minimum Gasteiger partial charge on any atom is -0.493 e. The van der Waals surface area contributed by atoms with Gasteiger partial charge in [0.05, 0.1) is 13.7 Å². The quantitative estimate of drug-likeness (QED) is 0.816. The third-order valence-corrected chi connectivity index (χ3v) is 3.63. The zero-order valence-electron chi connectivity index (χ0n) is 12.3. The molecule has 1 aromatic rings. The lowest BCUT2D eigenvalue weighted by atomic mass is 10.2. The van der Waals surface area contributed by atoms with Gasteiger partial charge in [0.1, 0.15) is 0 Å². The molecule has 5 heteroatoms. The number of nitrogens with zero attached hydrogens (tertiary/aromatic N) is 1. The zero-order chi connectivity index (χ0) is 14.5. The lowest BCUT2D eigenvalue weighted by Crippen LogP contribution is -2.37. The zero-order valence-corrected chi connectivity index (χ0v) is 13.1. The fraction of sp³-hybridized carbons (Fsp3) is 0.533. The molecule has 0 aliphatic heterocycles. The highest BCUT2D eigenvalue weighted by atomic mass is 32.1. The van der Waals surface area contributed by atoms with Crippen LogP contribution in [0.4, 0.5) is 0 Å². The van der Waals surface area contributed by atoms with E-state index in [0.29, 0.717) is 12.6 Å². The molecule has 1 N–H and O–H groups in total. The molecule has 4 nitrogen and oxygen atoms in total. The number of hydrogen-bond donors (Lipinski definition) is 1. The third kappa shape index (κ3) is 4.00. The molecule has 0 unspecified atom stereocenters. The second kappa shape index (κ2) is 6.79. The summed E-state index contributed by atoms with van der Waals surface area (Å²) in [6.07, 6.45) is 2.45. The molecular weight excluding hydrogens is 272 g/mol. The van der Waals surface area contributed by atoms with Gasteiger partial charge in [0, 0.05) is 19.6 Å². The summed E-state index contributed by atoms with van der Waals surface area (Å²) in [5.74, 6) is 1.54. The molecule has 1 aliphatic carbocycles. The lowest BCUT2D eigenvalue weighted by Gasteiger charge is -2.21. The van der Waals surface area contributed by atoms with Crippen molar-refractivity contribution in [1.82, 2.24) is 10.2 Å². The number of benzene rings is 1. The molecule has 0 heterocycles. The molecule has 0 atom stereocenters. The van der Waals surface area contributed by atoms with Crippen LogP contribution in [0.5, 0.6) is 11.5 Å². The van der Waals surface area contributed by atoms with E-state index in [-0.39, 0.29) is 0 Å². The van der Waals surface area contributed by atoms with Gasteiger partial charge in [0.2, 0.25) is 0 Å². The van der Waals surface area contributed by atoms with Crippen molar-refractivity contribution < 1.29 is 9.47 Å². The van der Waals surface area contributed by atoms with Crippen LogP contribution >= 0.6 is 12.2 Å². The topological polar surface area (TPSA) is 33.7 Å². The smallest absolute Gasteiger partial charge is 0.169 e. The molecule has 1 aliphatic rings. The van der Waals surface area contributed by atoms with Crippen molar-refractivity contribution in [2.75, 3.05) is 20.8 Å². The monoisotopic (exact) mass is 294 g/mol. The van der Waals surface area contributed by atoms with Crippen LogP contribution in [0.3, 0.4) is 0 Å². The Morgan fingerprint density at radius 1 is 1.40 bits per heavy atom. The maximum atomic E-state index is 5.52. The van der Waals surface area contributed by atoms with E-state index in [1.165, 1.54) is 12.8 Å². The summed E-state index contributed by atoms with van der Waals surface area (Å²) in [6.45, 7) is 3.34. The molecule has 1 aromatic carbocycles. The van der Waals surface area contributed by atoms with Gasteiger partial charge in [-0.05, 0) is 49.7 Å². The second-order valence-corrected chi connectivity index (χ2v) is 5.38. The van der Waals surface area contributed by atoms with Crippen LogP contribution in [0, 0.1) is 0 Å². The van der Waals surface area contributed by atoms with E-state index in [1.54, 1.807) is 7.11 Å². The van der Waals surface area contributed by atoms with Crippen LogP contribution < -0.4 is 14.8 Å². The van der Waals surface area contributed by atoms with Gasteiger partial charge in [-0.2, -0.15) is 0 Å². The Kier molecular flexibility index (Phi) is 5.06. The van der Waals surface area contributed by atoms with Crippen molar-refractivity contribution in [3.05, 3.63) is 23.8 Å². The number of nitrogens with one attached hydrogen (secondary N) is 1. The highest BCUT2D eigenvalue weighted by molar-refractivity contribution is 7.80. The van der Waals surface area contributed by atoms with E-state index in [9.17, 15) is 0 Å². The first kappa shape index (κ1) is 14.9. The second-order valence-electron chi connectivity index (χ2n) is 5.00. The average molecular weight is 294 g/mol. The predicted octanol–water partition coefficient (Wildman–Crippen LogP) is 2.56. The molecule has 110 valence electrons. The third-order valence-electron chi connectivity index (χ3n) is 3.20. The fourth-order valence-electron chi connectivity index (χ4n) is 1.94. The number of rotatable bonds is 6. The van der Waals surface area contributed by atoms with E-state index >= 15 is 0 Å². The van der Waals surface area contributed by atoms with Crippen molar-refractivity contribution in [3.63, 3.8) is 0 Å². The van der Waals surface area contributed by atoms with E-state index in [2.05, 4.69) is 5.32 Å². The Labute approximate surface area is 126 Å². The van der Waals surface area contributed by atoms with Crippen LogP contribution in [0.15, 0.2) is 18.2 Å². The average Bonchev–Trinajstić information content (AvgIpc) is 3.24. The summed E-state index contributed by atoms with van der Waals surface area (Å²) in [5, 5.41) is 4.14. The summed E-state index contributed by atoms with van der Waals surface area (Å²) in [6, 6.07) is 6.58. The lowest BCUT2D eigenvalue weighted by molar-refractivity contribution is 0.310. The first-order valence-corrected chi connectivity index (χ1v) is 7.36. The van der Waals surface area contributed by atoms with Crippen LogP contribution in [0.2, 0.25) is 0 Å². The van der Waals surface area contributed by atoms with Gasteiger partial charge in [-0.3, -0.25) is 0 Å². The van der Waals surface area contributed by atoms with Gasteiger partial charge in [-0.25, -0.2) is 0 Å². The molecule has 2 rings (SSSR count). The number of thiocarbonyl (C=S) groups is 1. The van der Waals surface area contributed by atoms with Crippen LogP contribution in [0.25, 0.3) is 0 Å². The van der Waals surface area contributed by atoms with Gasteiger partial charge < -0.3 is 19.7 Å². The Morgan fingerprint density at radius 2 is 2.15 bits per heavy atom. The summed E-state index contributed by atoms with van der Waals surface area (Å²) in [7, 11) is 3.66. The normalized spacial score (nSPS) is 13.8. The van der Waals surface area contributed by atoms with E-state index in [4.69, 9.17) is 21.7 Å². The van der Waals surface area contributed by atoms with Crippen molar-refractivity contribution in [3.8, 4) is 11.5 Å². The molecule has 0 radical (unpaired) electrons. The van der Waals surface area contributed by atoms with Crippen molar-refractivity contribution >= 4 is 17.3 Å². The molecule has 1 fully saturated rings. The Morgan fingerprint density at radius 3 is 2.75 bits per heavy atom. The molecule has 1 saturated carbocycles. The molecule has 0 bridgehead atoms. The Hall–Kier alpha value is -1.49. The van der Waals surface area contributed by atoms with Gasteiger partial charge in [0.25, 0.3) is 0 Å². The summed E-state index contributed by atoms with van der Waals surface area (Å²) < 4.78 is 10.9. The van der Waals surface area contributed by atoms with Gasteiger partial charge in [-0.15, -0.1) is 0 Å². The SMILES string of the molecule is CCOc1ccc(CN(C)C(=S)NC2CC2)cc1OC. The van der Waals surface area contributed by atoms with E-state index < -0.39 is 0 Å². The van der Waals surface area contributed by atoms with Gasteiger partial charge in [0.15, 0.2) is 16.6 Å². The first-order chi connectivity index (χ1) is 9.63. The minimum absolute atomic E-state index is 0.583. The molecule has 0 amide bonds. The van der Waals surface area contributed by atoms with E-state index in [1.807, 2.05) is 37.1 Å². The number of ether oxygens (including phenoxy) is 2. The van der Waals surface area contributed by atoms with Crippen LogP contribution in [-0.4, -0.2) is 36.8 Å². The predicted molar refractivity (Wildman–Crippen MR) is 84.4 cm³/mol. The highest BCUT2D eigenvalue weighted by Crippen LogP contribution is 2.28. The number of hydrogen-bond acceptors (Lipinski definition) is 3. The maximum Gasteiger partial charge on any atom is 0.169 e. The van der Waals surface area contributed by atoms with Gasteiger partial charge >= 0.3 is 0 Å². The minimum atomic E-state index is 0.583. The van der Waals surface area contributed by atoms with Gasteiger partial charge in [-0.1, -0.05) is 6.07 Å². The summed E-state index contributed by atoms with van der Waals surface area (Å²) in [5.41, 5.74) is 1.15. The summed E-state index contributed by atoms with van der Waals surface area (Å²) in [4.78, 5) is 2.04. The highest BCUT2D eigenvalue weighted by Gasteiger charge is 2.22. The molecule has 0 spiro atoms. The number of methoxy groups -OCH3 is 1. The van der Waals surface area contributed by atoms with Crippen molar-refractivity contribution in [2.24, 2.45) is 0 Å².